The number of hydrogen-bond acceptors (Lipinski definition) is 6. The molecule has 1 aromatic heterocycles. The van der Waals surface area contributed by atoms with Crippen LogP contribution in [0.1, 0.15) is 46.3 Å². The first kappa shape index (κ1) is 23.0. The van der Waals surface area contributed by atoms with Crippen LogP contribution in [0, 0.1) is 5.82 Å². The minimum absolute atomic E-state index is 0.104. The van der Waals surface area contributed by atoms with Crippen LogP contribution in [0.4, 0.5) is 10.2 Å². The summed E-state index contributed by atoms with van der Waals surface area (Å²) in [6, 6.07) is 4.25. The Morgan fingerprint density at radius 1 is 1.25 bits per heavy atom. The van der Waals surface area contributed by atoms with Crippen molar-refractivity contribution in [2.45, 2.75) is 56.8 Å². The molecule has 0 aliphatic rings. The molecule has 1 atom stereocenters. The quantitative estimate of drug-likeness (QED) is 0.410. The first-order valence-corrected chi connectivity index (χ1v) is 9.97. The van der Waals surface area contributed by atoms with Crippen LogP contribution in [0.3, 0.4) is 0 Å². The van der Waals surface area contributed by atoms with Crippen molar-refractivity contribution in [2.24, 2.45) is 0 Å². The lowest BCUT2D eigenvalue weighted by molar-refractivity contribution is -0.0813. The van der Waals surface area contributed by atoms with E-state index in [2.05, 4.69) is 4.98 Å². The zero-order valence-corrected chi connectivity index (χ0v) is 18.5. The summed E-state index contributed by atoms with van der Waals surface area (Å²) in [5.41, 5.74) is 4.35. The molecule has 154 valence electrons. The molecule has 0 bridgehead atoms. The molecule has 2 rings (SSSR count). The van der Waals surface area contributed by atoms with E-state index >= 15 is 0 Å². The molecule has 0 radical (unpaired) electrons. The van der Waals surface area contributed by atoms with Gasteiger partial charge in [0.25, 0.3) is 0 Å². The lowest BCUT2D eigenvalue weighted by Crippen LogP contribution is -2.45. The smallest absolute Gasteiger partial charge is 0.166 e. The summed E-state index contributed by atoms with van der Waals surface area (Å²) in [4.78, 5) is 4.72. The van der Waals surface area contributed by atoms with E-state index in [1.807, 2.05) is 0 Å². The average molecular weight is 449 g/mol. The largest absolute Gasteiger partial charge is 0.482 e. The summed E-state index contributed by atoms with van der Waals surface area (Å²) in [6.45, 7) is 8.56. The number of aliphatic hydroxyl groups is 1. The van der Waals surface area contributed by atoms with Crippen molar-refractivity contribution < 1.29 is 18.4 Å². The number of aromatic nitrogens is 1. The summed E-state index contributed by atoms with van der Waals surface area (Å²) >= 11 is 13.2. The van der Waals surface area contributed by atoms with Crippen molar-refractivity contribution in [3.05, 3.63) is 45.8 Å². The number of halogens is 3. The molecular weight excluding hydrogens is 426 g/mol. The second-order valence-corrected chi connectivity index (χ2v) is 8.90. The van der Waals surface area contributed by atoms with E-state index in [4.69, 9.17) is 37.9 Å². The number of hydrogen-bond donors (Lipinski definition) is 2. The molecule has 1 heterocycles. The Morgan fingerprint density at radius 2 is 1.89 bits per heavy atom. The number of benzene rings is 1. The fourth-order valence-electron chi connectivity index (χ4n) is 2.00. The Bertz CT molecular complexity index is 860. The van der Waals surface area contributed by atoms with E-state index in [-0.39, 0.29) is 21.6 Å². The first-order valence-electron chi connectivity index (χ1n) is 8.47. The van der Waals surface area contributed by atoms with Crippen LogP contribution in [-0.2, 0) is 4.18 Å². The Labute approximate surface area is 178 Å². The van der Waals surface area contributed by atoms with E-state index in [0.29, 0.717) is 10.5 Å². The number of nitrogens with zero attached hydrogens (tertiary/aromatic N) is 1. The summed E-state index contributed by atoms with van der Waals surface area (Å²) in [7, 11) is 0. The molecule has 28 heavy (non-hydrogen) atoms. The van der Waals surface area contributed by atoms with Gasteiger partial charge in [-0.3, -0.25) is 0 Å². The first-order chi connectivity index (χ1) is 12.8. The summed E-state index contributed by atoms with van der Waals surface area (Å²) < 4.78 is 25.4. The Hall–Kier alpha value is -1.25. The highest BCUT2D eigenvalue weighted by atomic mass is 35.5. The number of nitrogen functional groups attached to an aromatic ring is 1. The highest BCUT2D eigenvalue weighted by molar-refractivity contribution is 7.94. The van der Waals surface area contributed by atoms with E-state index in [9.17, 15) is 9.50 Å². The maximum Gasteiger partial charge on any atom is 0.166 e. The Balaban J connectivity index is 2.21. The zero-order chi connectivity index (χ0) is 21.3. The minimum Gasteiger partial charge on any atom is -0.482 e. The number of anilines is 1. The fraction of sp³-hybridized carbons (Fsp3) is 0.421. The van der Waals surface area contributed by atoms with E-state index in [1.165, 1.54) is 18.3 Å². The minimum atomic E-state index is -1.06. The molecular formula is C19H23Cl2FN2O3S. The van der Waals surface area contributed by atoms with Gasteiger partial charge in [-0.15, -0.1) is 0 Å². The van der Waals surface area contributed by atoms with Gasteiger partial charge in [-0.05, 0) is 46.8 Å². The van der Waals surface area contributed by atoms with Gasteiger partial charge in [0.1, 0.15) is 17.5 Å². The molecule has 9 heteroatoms. The summed E-state index contributed by atoms with van der Waals surface area (Å²) in [6.07, 6.45) is 0.855. The van der Waals surface area contributed by atoms with Crippen molar-refractivity contribution in [1.82, 2.24) is 4.98 Å². The molecule has 0 aliphatic carbocycles. The van der Waals surface area contributed by atoms with Crippen LogP contribution in [0.25, 0.3) is 0 Å². The molecule has 0 saturated carbocycles. The van der Waals surface area contributed by atoms with E-state index < -0.39 is 23.1 Å². The molecule has 2 aromatic rings. The number of ether oxygens (including phenoxy) is 1. The van der Waals surface area contributed by atoms with Gasteiger partial charge in [0.15, 0.2) is 11.6 Å². The zero-order valence-electron chi connectivity index (χ0n) is 16.2. The van der Waals surface area contributed by atoms with Crippen molar-refractivity contribution in [2.75, 3.05) is 5.73 Å². The third kappa shape index (κ3) is 5.21. The maximum atomic E-state index is 13.8. The number of nitrogens with two attached hydrogens (primary N) is 1. The van der Waals surface area contributed by atoms with Crippen molar-refractivity contribution in [3.63, 3.8) is 0 Å². The van der Waals surface area contributed by atoms with Gasteiger partial charge in [0.2, 0.25) is 0 Å². The van der Waals surface area contributed by atoms with Gasteiger partial charge in [-0.25, -0.2) is 9.37 Å². The van der Waals surface area contributed by atoms with Crippen LogP contribution in [0.15, 0.2) is 29.3 Å². The third-order valence-corrected chi connectivity index (χ3v) is 6.10. The lowest BCUT2D eigenvalue weighted by atomic mass is 9.90. The molecule has 0 fully saturated rings. The van der Waals surface area contributed by atoms with Crippen LogP contribution < -0.4 is 10.5 Å². The van der Waals surface area contributed by atoms with Gasteiger partial charge in [-0.2, -0.15) is 0 Å². The van der Waals surface area contributed by atoms with Crippen LogP contribution in [0.5, 0.6) is 5.75 Å². The predicted molar refractivity (Wildman–Crippen MR) is 111 cm³/mol. The highest BCUT2D eigenvalue weighted by Crippen LogP contribution is 2.38. The summed E-state index contributed by atoms with van der Waals surface area (Å²) in [5, 5.41) is 10.4. The lowest BCUT2D eigenvalue weighted by Gasteiger charge is -2.35. The standard InChI is InChI=1S/C19H23Cl2FN2O3S/c1-10(15-12(20)6-7-13(22)16(15)21)26-14-8-11(9-24-17(14)23)28-27-19(4,5)18(2,3)25/h6-10,25H,1-5H3,(H2,23,24). The van der Waals surface area contributed by atoms with Gasteiger partial charge >= 0.3 is 0 Å². The maximum absolute atomic E-state index is 13.8. The van der Waals surface area contributed by atoms with Crippen molar-refractivity contribution in [3.8, 4) is 5.75 Å². The molecule has 1 aromatic carbocycles. The number of pyridine rings is 1. The van der Waals surface area contributed by atoms with Crippen molar-refractivity contribution >= 4 is 41.1 Å². The van der Waals surface area contributed by atoms with Crippen molar-refractivity contribution in [1.29, 1.82) is 0 Å². The van der Waals surface area contributed by atoms with Gasteiger partial charge in [0.05, 0.1) is 15.5 Å². The molecule has 3 N–H and O–H groups in total. The normalized spacial score (nSPS) is 13.5. The van der Waals surface area contributed by atoms with E-state index in [1.54, 1.807) is 40.7 Å². The molecule has 5 nitrogen and oxygen atoms in total. The van der Waals surface area contributed by atoms with E-state index in [0.717, 1.165) is 12.0 Å². The topological polar surface area (TPSA) is 77.6 Å². The van der Waals surface area contributed by atoms with Crippen LogP contribution in [0.2, 0.25) is 10.0 Å². The second-order valence-electron chi connectivity index (χ2n) is 7.31. The SMILES string of the molecule is CC(Oc1cc(SOC(C)(C)C(C)(C)O)cnc1N)c1c(Cl)ccc(F)c1Cl. The Morgan fingerprint density at radius 3 is 2.50 bits per heavy atom. The molecule has 0 amide bonds. The molecule has 0 saturated heterocycles. The predicted octanol–water partition coefficient (Wildman–Crippen LogP) is 5.82. The van der Waals surface area contributed by atoms with Crippen LogP contribution >= 0.6 is 35.2 Å². The summed E-state index contributed by atoms with van der Waals surface area (Å²) in [5.74, 6) is -0.158. The third-order valence-electron chi connectivity index (χ3n) is 4.47. The Kier molecular flexibility index (Phi) is 7.10. The number of rotatable bonds is 7. The fourth-order valence-corrected chi connectivity index (χ4v) is 3.43. The van der Waals surface area contributed by atoms with Gasteiger partial charge in [-0.1, -0.05) is 23.2 Å². The second kappa shape index (κ2) is 8.63. The van der Waals surface area contributed by atoms with Gasteiger partial charge < -0.3 is 19.8 Å². The monoisotopic (exact) mass is 448 g/mol. The molecule has 0 aliphatic heterocycles. The molecule has 0 spiro atoms. The van der Waals surface area contributed by atoms with Crippen LogP contribution in [-0.4, -0.2) is 21.3 Å². The molecule has 1 unspecified atom stereocenters. The van der Waals surface area contributed by atoms with Gasteiger partial charge in [0, 0.05) is 34.9 Å². The highest BCUT2D eigenvalue weighted by Gasteiger charge is 2.37. The average Bonchev–Trinajstić information content (AvgIpc) is 2.58.